The van der Waals surface area contributed by atoms with Gasteiger partial charge in [0.2, 0.25) is 0 Å². The highest BCUT2D eigenvalue weighted by Gasteiger charge is 2.35. The molecule has 0 saturated carbocycles. The molecule has 2 heteroatoms. The van der Waals surface area contributed by atoms with E-state index < -0.39 is 0 Å². The average molecular weight is 578 g/mol. The number of rotatable bonds is 4. The van der Waals surface area contributed by atoms with Gasteiger partial charge in [0.25, 0.3) is 0 Å². The van der Waals surface area contributed by atoms with Crippen molar-refractivity contribution in [2.45, 2.75) is 19.3 Å². The summed E-state index contributed by atoms with van der Waals surface area (Å²) in [6.07, 6.45) is 0. The second-order valence-electron chi connectivity index (χ2n) is 12.6. The second kappa shape index (κ2) is 9.70. The molecule has 1 aliphatic carbocycles. The van der Waals surface area contributed by atoms with Gasteiger partial charge in [-0.15, -0.1) is 0 Å². The van der Waals surface area contributed by atoms with Crippen molar-refractivity contribution in [3.05, 3.63) is 163 Å². The van der Waals surface area contributed by atoms with Crippen molar-refractivity contribution in [3.63, 3.8) is 0 Å². The molecule has 0 saturated heterocycles. The fourth-order valence-corrected chi connectivity index (χ4v) is 7.41. The summed E-state index contributed by atoms with van der Waals surface area (Å²) in [4.78, 5) is 2.37. The zero-order valence-corrected chi connectivity index (χ0v) is 25.3. The molecule has 7 aromatic carbocycles. The lowest BCUT2D eigenvalue weighted by Crippen LogP contribution is -2.16. The minimum atomic E-state index is -0.0940. The van der Waals surface area contributed by atoms with E-state index in [1.807, 2.05) is 0 Å². The summed E-state index contributed by atoms with van der Waals surface area (Å²) in [6.45, 7) is 4.68. The zero-order chi connectivity index (χ0) is 30.1. The van der Waals surface area contributed by atoms with Crippen LogP contribution in [0, 0.1) is 0 Å². The summed E-state index contributed by atoms with van der Waals surface area (Å²) in [6, 6.07) is 54.7. The molecule has 0 aliphatic heterocycles. The molecule has 1 aliphatic rings. The molecule has 45 heavy (non-hydrogen) atoms. The van der Waals surface area contributed by atoms with Gasteiger partial charge in [0, 0.05) is 39.3 Å². The van der Waals surface area contributed by atoms with Crippen LogP contribution in [0.15, 0.2) is 156 Å². The number of furan rings is 1. The standard InChI is InChI=1S/C43H31NO/c1-43(2)38-18-9-8-17-35(38)36-22-20-32(26-39(36)43)44(31-15-10-14-30(25-31)28-11-4-3-5-12-28)33-21-23-37-41(27-33)45-40-24-19-29-13-6-7-16-34(29)42(37)40/h3-27H,1-2H3. The van der Waals surface area contributed by atoms with Crippen molar-refractivity contribution in [1.82, 2.24) is 0 Å². The zero-order valence-electron chi connectivity index (χ0n) is 25.3. The van der Waals surface area contributed by atoms with E-state index >= 15 is 0 Å². The van der Waals surface area contributed by atoms with E-state index in [-0.39, 0.29) is 5.41 Å². The van der Waals surface area contributed by atoms with Crippen LogP contribution in [0.1, 0.15) is 25.0 Å². The Labute approximate surface area is 262 Å². The van der Waals surface area contributed by atoms with Crippen molar-refractivity contribution in [1.29, 1.82) is 0 Å². The van der Waals surface area contributed by atoms with Crippen LogP contribution in [0.5, 0.6) is 0 Å². The predicted octanol–water partition coefficient (Wildman–Crippen LogP) is 12.2. The predicted molar refractivity (Wildman–Crippen MR) is 189 cm³/mol. The summed E-state index contributed by atoms with van der Waals surface area (Å²) in [5.74, 6) is 0. The van der Waals surface area contributed by atoms with Gasteiger partial charge in [-0.3, -0.25) is 0 Å². The highest BCUT2D eigenvalue weighted by Crippen LogP contribution is 2.51. The first kappa shape index (κ1) is 25.9. The van der Waals surface area contributed by atoms with Gasteiger partial charge in [-0.25, -0.2) is 0 Å². The Bertz CT molecular complexity index is 2410. The molecule has 0 N–H and O–H groups in total. The van der Waals surface area contributed by atoms with E-state index in [2.05, 4.69) is 170 Å². The van der Waals surface area contributed by atoms with Crippen molar-refractivity contribution >= 4 is 49.8 Å². The van der Waals surface area contributed by atoms with E-state index in [0.717, 1.165) is 33.6 Å². The summed E-state index contributed by atoms with van der Waals surface area (Å²) in [7, 11) is 0. The summed E-state index contributed by atoms with van der Waals surface area (Å²) >= 11 is 0. The van der Waals surface area contributed by atoms with Gasteiger partial charge in [-0.2, -0.15) is 0 Å². The second-order valence-corrected chi connectivity index (χ2v) is 12.6. The van der Waals surface area contributed by atoms with Gasteiger partial charge in [0.05, 0.1) is 0 Å². The maximum atomic E-state index is 6.54. The molecule has 1 heterocycles. The Balaban J connectivity index is 1.26. The van der Waals surface area contributed by atoms with E-state index in [1.165, 1.54) is 49.5 Å². The van der Waals surface area contributed by atoms with Gasteiger partial charge in [0.15, 0.2) is 0 Å². The molecule has 9 rings (SSSR count). The minimum absolute atomic E-state index is 0.0940. The number of fused-ring (bicyclic) bond motifs is 8. The van der Waals surface area contributed by atoms with Crippen LogP contribution in [-0.4, -0.2) is 0 Å². The quantitative estimate of drug-likeness (QED) is 0.207. The van der Waals surface area contributed by atoms with Gasteiger partial charge in [-0.05, 0) is 86.6 Å². The third kappa shape index (κ3) is 3.96. The molecular formula is C43H31NO. The molecule has 0 atom stereocenters. The maximum absolute atomic E-state index is 6.54. The average Bonchev–Trinajstić information content (AvgIpc) is 3.57. The highest BCUT2D eigenvalue weighted by atomic mass is 16.3. The number of anilines is 3. The van der Waals surface area contributed by atoms with Crippen molar-refractivity contribution in [3.8, 4) is 22.3 Å². The van der Waals surface area contributed by atoms with Crippen molar-refractivity contribution in [2.75, 3.05) is 4.90 Å². The van der Waals surface area contributed by atoms with Crippen LogP contribution in [0.4, 0.5) is 17.1 Å². The van der Waals surface area contributed by atoms with E-state index in [9.17, 15) is 0 Å². The molecular weight excluding hydrogens is 546 g/mol. The summed E-state index contributed by atoms with van der Waals surface area (Å²) in [5.41, 5.74) is 12.8. The molecule has 0 bridgehead atoms. The Morgan fingerprint density at radius 2 is 1.18 bits per heavy atom. The van der Waals surface area contributed by atoms with Crippen molar-refractivity contribution in [2.24, 2.45) is 0 Å². The van der Waals surface area contributed by atoms with Crippen LogP contribution in [0.25, 0.3) is 55.0 Å². The number of nitrogens with zero attached hydrogens (tertiary/aromatic N) is 1. The van der Waals surface area contributed by atoms with Gasteiger partial charge in [-0.1, -0.05) is 117 Å². The molecule has 2 nitrogen and oxygen atoms in total. The first-order chi connectivity index (χ1) is 22.1. The van der Waals surface area contributed by atoms with E-state index in [0.29, 0.717) is 0 Å². The molecule has 0 amide bonds. The third-order valence-electron chi connectivity index (χ3n) is 9.64. The Morgan fingerprint density at radius 1 is 0.467 bits per heavy atom. The fraction of sp³-hybridized carbons (Fsp3) is 0.0698. The fourth-order valence-electron chi connectivity index (χ4n) is 7.41. The van der Waals surface area contributed by atoms with Gasteiger partial charge in [0.1, 0.15) is 11.2 Å². The largest absolute Gasteiger partial charge is 0.456 e. The van der Waals surface area contributed by atoms with Crippen LogP contribution < -0.4 is 4.90 Å². The van der Waals surface area contributed by atoms with Crippen molar-refractivity contribution < 1.29 is 4.42 Å². The Hall–Kier alpha value is -5.60. The van der Waals surface area contributed by atoms with Gasteiger partial charge >= 0.3 is 0 Å². The topological polar surface area (TPSA) is 16.4 Å². The molecule has 214 valence electrons. The normalized spacial score (nSPS) is 13.3. The van der Waals surface area contributed by atoms with Crippen LogP contribution in [0.3, 0.4) is 0 Å². The number of hydrogen-bond donors (Lipinski definition) is 0. The van der Waals surface area contributed by atoms with Gasteiger partial charge < -0.3 is 9.32 Å². The Morgan fingerprint density at radius 3 is 2.09 bits per heavy atom. The lowest BCUT2D eigenvalue weighted by atomic mass is 9.82. The Kier molecular flexibility index (Phi) is 5.58. The molecule has 1 aromatic heterocycles. The SMILES string of the molecule is CC1(C)c2ccccc2-c2ccc(N(c3cccc(-c4ccccc4)c3)c3ccc4c(c3)oc3ccc5ccccc5c34)cc21. The first-order valence-electron chi connectivity index (χ1n) is 15.6. The van der Waals surface area contributed by atoms with E-state index in [1.54, 1.807) is 0 Å². The smallest absolute Gasteiger partial charge is 0.137 e. The monoisotopic (exact) mass is 577 g/mol. The van der Waals surface area contributed by atoms with Crippen LogP contribution >= 0.6 is 0 Å². The first-order valence-corrected chi connectivity index (χ1v) is 15.6. The lowest BCUT2D eigenvalue weighted by molar-refractivity contribution is 0.660. The number of benzene rings is 7. The minimum Gasteiger partial charge on any atom is -0.456 e. The molecule has 0 radical (unpaired) electrons. The molecule has 0 spiro atoms. The third-order valence-corrected chi connectivity index (χ3v) is 9.64. The maximum Gasteiger partial charge on any atom is 0.137 e. The lowest BCUT2D eigenvalue weighted by Gasteiger charge is -2.28. The molecule has 0 unspecified atom stereocenters. The molecule has 8 aromatic rings. The summed E-state index contributed by atoms with van der Waals surface area (Å²) < 4.78 is 6.54. The van der Waals surface area contributed by atoms with E-state index in [4.69, 9.17) is 4.42 Å². The van der Waals surface area contributed by atoms with Crippen LogP contribution in [0.2, 0.25) is 0 Å². The van der Waals surface area contributed by atoms with Crippen LogP contribution in [-0.2, 0) is 5.41 Å². The number of hydrogen-bond acceptors (Lipinski definition) is 2. The highest BCUT2D eigenvalue weighted by molar-refractivity contribution is 6.19. The molecule has 0 fully saturated rings. The summed E-state index contributed by atoms with van der Waals surface area (Å²) in [5, 5.41) is 4.74.